The first kappa shape index (κ1) is 18.3. The summed E-state index contributed by atoms with van der Waals surface area (Å²) in [6, 6.07) is 2.90. The Morgan fingerprint density at radius 3 is 2.22 bits per heavy atom. The third-order valence-electron chi connectivity index (χ3n) is 3.72. The molecule has 128 valence electrons. The summed E-state index contributed by atoms with van der Waals surface area (Å²) in [5, 5.41) is 3.40. The van der Waals surface area contributed by atoms with Gasteiger partial charge in [0.25, 0.3) is 5.91 Å². The summed E-state index contributed by atoms with van der Waals surface area (Å²) in [6.45, 7) is 0.793. The topological polar surface area (TPSA) is 75.7 Å². The second-order valence-electron chi connectivity index (χ2n) is 5.38. The first-order chi connectivity index (χ1) is 10.7. The zero-order chi connectivity index (χ0) is 17.2. The average Bonchev–Trinajstić information content (AvgIpc) is 2.46. The van der Waals surface area contributed by atoms with Gasteiger partial charge in [-0.2, -0.15) is 0 Å². The Bertz CT molecular complexity index is 678. The van der Waals surface area contributed by atoms with Crippen molar-refractivity contribution in [2.24, 2.45) is 0 Å². The van der Waals surface area contributed by atoms with Gasteiger partial charge in [-0.25, -0.2) is 12.7 Å². The van der Waals surface area contributed by atoms with Gasteiger partial charge in [-0.3, -0.25) is 4.79 Å². The number of nitrogens with one attached hydrogen (secondary N) is 1. The van der Waals surface area contributed by atoms with E-state index in [9.17, 15) is 13.2 Å². The molecule has 1 aromatic rings. The molecule has 0 atom stereocenters. The number of methoxy groups -OCH3 is 1. The first-order valence-corrected chi connectivity index (χ1v) is 9.62. The lowest BCUT2D eigenvalue weighted by molar-refractivity contribution is 0.0924. The Hall–Kier alpha value is -1.02. The largest absolute Gasteiger partial charge is 0.494 e. The molecule has 0 radical (unpaired) electrons. The van der Waals surface area contributed by atoms with Crippen molar-refractivity contribution in [3.05, 3.63) is 27.7 Å². The van der Waals surface area contributed by atoms with E-state index in [2.05, 4.69) is 5.32 Å². The van der Waals surface area contributed by atoms with Crippen LogP contribution in [0.1, 0.15) is 23.2 Å². The van der Waals surface area contributed by atoms with Crippen LogP contribution >= 0.6 is 23.2 Å². The number of hydrogen-bond acceptors (Lipinski definition) is 4. The number of carbonyl (C=O) groups is 1. The van der Waals surface area contributed by atoms with E-state index >= 15 is 0 Å². The van der Waals surface area contributed by atoms with Crippen molar-refractivity contribution in [3.8, 4) is 5.75 Å². The lowest BCUT2D eigenvalue weighted by Crippen LogP contribution is -2.46. The highest BCUT2D eigenvalue weighted by atomic mass is 35.5. The molecule has 1 N–H and O–H groups in total. The van der Waals surface area contributed by atoms with Crippen LogP contribution in [0.4, 0.5) is 0 Å². The molecule has 1 amide bonds. The maximum absolute atomic E-state index is 12.3. The predicted octanol–water partition coefficient (Wildman–Crippen LogP) is 2.16. The SMILES string of the molecule is COc1c(Cl)cc(C(=O)NC2CCN(S(C)(=O)=O)CC2)cc1Cl. The molecule has 1 heterocycles. The minimum absolute atomic E-state index is 0.0832. The number of nitrogens with zero attached hydrogens (tertiary/aromatic N) is 1. The van der Waals surface area contributed by atoms with Gasteiger partial charge in [-0.1, -0.05) is 23.2 Å². The molecule has 0 aliphatic carbocycles. The lowest BCUT2D eigenvalue weighted by atomic mass is 10.1. The minimum atomic E-state index is -3.18. The van der Waals surface area contributed by atoms with Crippen LogP contribution in [0, 0.1) is 0 Å². The number of halogens is 2. The van der Waals surface area contributed by atoms with E-state index in [-0.39, 0.29) is 22.0 Å². The van der Waals surface area contributed by atoms with Gasteiger partial charge in [0, 0.05) is 24.7 Å². The summed E-state index contributed by atoms with van der Waals surface area (Å²) in [6.07, 6.45) is 2.32. The van der Waals surface area contributed by atoms with E-state index in [1.54, 1.807) is 0 Å². The average molecular weight is 381 g/mol. The maximum Gasteiger partial charge on any atom is 0.251 e. The summed E-state index contributed by atoms with van der Waals surface area (Å²) in [5.74, 6) is 0.0283. The van der Waals surface area contributed by atoms with Crippen LogP contribution in [0.2, 0.25) is 10.0 Å². The number of ether oxygens (including phenoxy) is 1. The number of benzene rings is 1. The molecule has 0 unspecified atom stereocenters. The van der Waals surface area contributed by atoms with Crippen molar-refractivity contribution in [3.63, 3.8) is 0 Å². The number of hydrogen-bond donors (Lipinski definition) is 1. The van der Waals surface area contributed by atoms with E-state index in [0.717, 1.165) is 0 Å². The summed E-state index contributed by atoms with van der Waals surface area (Å²) < 4.78 is 29.4. The van der Waals surface area contributed by atoms with Crippen molar-refractivity contribution in [2.45, 2.75) is 18.9 Å². The highest BCUT2D eigenvalue weighted by molar-refractivity contribution is 7.88. The molecule has 0 spiro atoms. The molecule has 0 aromatic heterocycles. The quantitative estimate of drug-likeness (QED) is 0.867. The fourth-order valence-corrected chi connectivity index (χ4v) is 4.00. The Labute approximate surface area is 145 Å². The second-order valence-corrected chi connectivity index (χ2v) is 8.18. The van der Waals surface area contributed by atoms with Crippen LogP contribution < -0.4 is 10.1 Å². The second kappa shape index (κ2) is 7.25. The Morgan fingerprint density at radius 2 is 1.78 bits per heavy atom. The smallest absolute Gasteiger partial charge is 0.251 e. The Kier molecular flexibility index (Phi) is 5.78. The number of sulfonamides is 1. The van der Waals surface area contributed by atoms with Crippen LogP contribution in [0.25, 0.3) is 0 Å². The molecule has 9 heteroatoms. The normalized spacial score (nSPS) is 17.0. The van der Waals surface area contributed by atoms with Gasteiger partial charge in [0.1, 0.15) is 0 Å². The monoisotopic (exact) mass is 380 g/mol. The van der Waals surface area contributed by atoms with E-state index in [4.69, 9.17) is 27.9 Å². The summed E-state index contributed by atoms with van der Waals surface area (Å²) >= 11 is 12.1. The zero-order valence-corrected chi connectivity index (χ0v) is 15.1. The van der Waals surface area contributed by atoms with Gasteiger partial charge in [-0.05, 0) is 25.0 Å². The van der Waals surface area contributed by atoms with Crippen molar-refractivity contribution >= 4 is 39.1 Å². The van der Waals surface area contributed by atoms with Crippen LogP contribution in [-0.2, 0) is 10.0 Å². The lowest BCUT2D eigenvalue weighted by Gasteiger charge is -2.30. The molecule has 6 nitrogen and oxygen atoms in total. The zero-order valence-electron chi connectivity index (χ0n) is 12.8. The number of carbonyl (C=O) groups excluding carboxylic acids is 1. The number of rotatable bonds is 4. The minimum Gasteiger partial charge on any atom is -0.494 e. The van der Waals surface area contributed by atoms with E-state index in [1.807, 2.05) is 0 Å². The van der Waals surface area contributed by atoms with Gasteiger partial charge in [-0.15, -0.1) is 0 Å². The fourth-order valence-electron chi connectivity index (χ4n) is 2.49. The number of piperidine rings is 1. The third kappa shape index (κ3) is 4.50. The predicted molar refractivity (Wildman–Crippen MR) is 89.9 cm³/mol. The highest BCUT2D eigenvalue weighted by Gasteiger charge is 2.26. The summed E-state index contributed by atoms with van der Waals surface area (Å²) in [4.78, 5) is 12.3. The van der Waals surface area contributed by atoms with Crippen LogP contribution in [0.3, 0.4) is 0 Å². The molecule has 1 aliphatic rings. The molecule has 2 rings (SSSR count). The third-order valence-corrected chi connectivity index (χ3v) is 5.59. The number of amides is 1. The standard InChI is InChI=1S/C14H18Cl2N2O4S/c1-22-13-11(15)7-9(8-12(13)16)14(19)17-10-3-5-18(6-4-10)23(2,20)21/h7-8,10H,3-6H2,1-2H3,(H,17,19). The van der Waals surface area contributed by atoms with E-state index in [0.29, 0.717) is 37.2 Å². The van der Waals surface area contributed by atoms with Gasteiger partial charge in [0.2, 0.25) is 10.0 Å². The van der Waals surface area contributed by atoms with Gasteiger partial charge in [0.05, 0.1) is 23.4 Å². The van der Waals surface area contributed by atoms with E-state index < -0.39 is 10.0 Å². The van der Waals surface area contributed by atoms with Gasteiger partial charge < -0.3 is 10.1 Å². The summed E-state index contributed by atoms with van der Waals surface area (Å²) in [5.41, 5.74) is 0.339. The van der Waals surface area contributed by atoms with Crippen LogP contribution in [0.15, 0.2) is 12.1 Å². The molecule has 1 aromatic carbocycles. The molecular formula is C14H18Cl2N2O4S. The fraction of sp³-hybridized carbons (Fsp3) is 0.500. The van der Waals surface area contributed by atoms with Crippen molar-refractivity contribution in [1.29, 1.82) is 0 Å². The Balaban J connectivity index is 2.01. The van der Waals surface area contributed by atoms with Crippen molar-refractivity contribution in [2.75, 3.05) is 26.5 Å². The molecule has 1 fully saturated rings. The molecule has 0 bridgehead atoms. The van der Waals surface area contributed by atoms with Gasteiger partial charge in [0.15, 0.2) is 5.75 Å². The molecule has 23 heavy (non-hydrogen) atoms. The highest BCUT2D eigenvalue weighted by Crippen LogP contribution is 2.33. The maximum atomic E-state index is 12.3. The van der Waals surface area contributed by atoms with Gasteiger partial charge >= 0.3 is 0 Å². The van der Waals surface area contributed by atoms with Crippen LogP contribution in [-0.4, -0.2) is 51.1 Å². The molecule has 1 aliphatic heterocycles. The van der Waals surface area contributed by atoms with E-state index in [1.165, 1.54) is 29.8 Å². The molecule has 0 saturated carbocycles. The van der Waals surface area contributed by atoms with Crippen molar-refractivity contribution < 1.29 is 17.9 Å². The molecule has 1 saturated heterocycles. The molecular weight excluding hydrogens is 363 g/mol. The summed E-state index contributed by atoms with van der Waals surface area (Å²) in [7, 11) is -1.73. The Morgan fingerprint density at radius 1 is 1.26 bits per heavy atom. The first-order valence-electron chi connectivity index (χ1n) is 7.01. The van der Waals surface area contributed by atoms with Crippen LogP contribution in [0.5, 0.6) is 5.75 Å². The van der Waals surface area contributed by atoms with Crippen molar-refractivity contribution in [1.82, 2.24) is 9.62 Å².